The monoisotopic (exact) mass is 328 g/mol. The smallest absolute Gasteiger partial charge is 0.303 e. The van der Waals surface area contributed by atoms with Gasteiger partial charge in [0.05, 0.1) is 5.76 Å². The van der Waals surface area contributed by atoms with Crippen LogP contribution in [0.5, 0.6) is 0 Å². The van der Waals surface area contributed by atoms with Crippen LogP contribution in [0.1, 0.15) is 84.0 Å². The summed E-state index contributed by atoms with van der Waals surface area (Å²) in [5.74, 6) is -0.608. The molecule has 0 aromatic heterocycles. The van der Waals surface area contributed by atoms with E-state index in [0.29, 0.717) is 19.3 Å². The average Bonchev–Trinajstić information content (AvgIpc) is 2.51. The Morgan fingerprint density at radius 1 is 0.739 bits per heavy atom. The normalized spacial score (nSPS) is 13.0. The molecule has 0 aromatic rings. The summed E-state index contributed by atoms with van der Waals surface area (Å²) in [6.07, 6.45) is 10.2. The summed E-state index contributed by atoms with van der Waals surface area (Å²) in [4.78, 5) is 10.3. The maximum Gasteiger partial charge on any atom is 0.303 e. The van der Waals surface area contributed by atoms with E-state index in [9.17, 15) is 20.1 Å². The van der Waals surface area contributed by atoms with Crippen LogP contribution in [0.25, 0.3) is 0 Å². The molecule has 0 aliphatic rings. The van der Waals surface area contributed by atoms with E-state index in [1.54, 1.807) is 6.08 Å². The van der Waals surface area contributed by atoms with Crippen molar-refractivity contribution in [3.8, 4) is 0 Å². The van der Waals surface area contributed by atoms with Gasteiger partial charge in [-0.1, -0.05) is 39.0 Å². The number of carboxylic acids is 1. The molecule has 23 heavy (non-hydrogen) atoms. The molecule has 5 nitrogen and oxygen atoms in total. The molecule has 0 atom stereocenters. The molecule has 5 heteroatoms. The molecule has 0 saturated heterocycles. The molecule has 0 rings (SSSR count). The number of rotatable bonds is 14. The van der Waals surface area contributed by atoms with Crippen molar-refractivity contribution in [1.82, 2.24) is 0 Å². The summed E-state index contributed by atoms with van der Waals surface area (Å²) < 4.78 is 0. The minimum absolute atomic E-state index is 0.0202. The van der Waals surface area contributed by atoms with E-state index in [0.717, 1.165) is 44.9 Å². The Hall–Kier alpha value is -1.65. The molecule has 0 amide bonds. The van der Waals surface area contributed by atoms with Gasteiger partial charge in [-0.25, -0.2) is 0 Å². The molecule has 4 N–H and O–H groups in total. The second-order valence-corrected chi connectivity index (χ2v) is 5.91. The van der Waals surface area contributed by atoms with Crippen LogP contribution in [0.15, 0.2) is 23.4 Å². The Morgan fingerprint density at radius 3 is 1.91 bits per heavy atom. The quantitative estimate of drug-likeness (QED) is 0.248. The van der Waals surface area contributed by atoms with Gasteiger partial charge in [0.2, 0.25) is 0 Å². The molecule has 0 fully saturated rings. The molecule has 0 heterocycles. The van der Waals surface area contributed by atoms with E-state index in [4.69, 9.17) is 5.11 Å². The van der Waals surface area contributed by atoms with Crippen LogP contribution in [0.4, 0.5) is 0 Å². The Labute approximate surface area is 139 Å². The molecule has 0 aromatic carbocycles. The van der Waals surface area contributed by atoms with E-state index in [-0.39, 0.29) is 30.1 Å². The molecule has 134 valence electrons. The van der Waals surface area contributed by atoms with Gasteiger partial charge in [0, 0.05) is 25.7 Å². The van der Waals surface area contributed by atoms with Gasteiger partial charge in [0.1, 0.15) is 11.5 Å². The SMILES string of the molecule is CCCCC/C(O)=C\C/C(O)=C(/O)CCCCCCCC(=O)O. The molecule has 0 unspecified atom stereocenters. The summed E-state index contributed by atoms with van der Waals surface area (Å²) >= 11 is 0. The van der Waals surface area contributed by atoms with Crippen LogP contribution in [-0.4, -0.2) is 26.4 Å². The van der Waals surface area contributed by atoms with Crippen molar-refractivity contribution in [2.45, 2.75) is 84.0 Å². The van der Waals surface area contributed by atoms with Crippen molar-refractivity contribution >= 4 is 5.97 Å². The van der Waals surface area contributed by atoms with Gasteiger partial charge >= 0.3 is 5.97 Å². The fraction of sp³-hybridized carbons (Fsp3) is 0.722. The highest BCUT2D eigenvalue weighted by atomic mass is 16.4. The van der Waals surface area contributed by atoms with Gasteiger partial charge in [-0.15, -0.1) is 0 Å². The molecular formula is C18H32O5. The molecule has 0 aliphatic heterocycles. The van der Waals surface area contributed by atoms with E-state index < -0.39 is 5.97 Å². The summed E-state index contributed by atoms with van der Waals surface area (Å²) in [7, 11) is 0. The number of unbranched alkanes of at least 4 members (excludes halogenated alkanes) is 6. The number of allylic oxidation sites excluding steroid dienone is 3. The molecule has 0 aliphatic carbocycles. The number of aliphatic hydroxyl groups is 3. The standard InChI is InChI=1S/C18H32O5/c1-2-3-7-10-15(19)13-14-17(21)16(20)11-8-5-4-6-9-12-18(22)23/h13,19-21H,2-12,14H2,1H3,(H,22,23)/b15-13+,17-16-. The predicted molar refractivity (Wildman–Crippen MR) is 91.7 cm³/mol. The number of hydrogen-bond donors (Lipinski definition) is 4. The lowest BCUT2D eigenvalue weighted by Crippen LogP contribution is -1.94. The first kappa shape index (κ1) is 21.4. The maximum absolute atomic E-state index is 10.3. The second-order valence-electron chi connectivity index (χ2n) is 5.91. The minimum Gasteiger partial charge on any atom is -0.513 e. The molecular weight excluding hydrogens is 296 g/mol. The topological polar surface area (TPSA) is 98.0 Å². The Kier molecular flexibility index (Phi) is 13.0. The third-order valence-corrected chi connectivity index (χ3v) is 3.70. The zero-order chi connectivity index (χ0) is 17.5. The molecule has 0 radical (unpaired) electrons. The summed E-state index contributed by atoms with van der Waals surface area (Å²) in [6.45, 7) is 2.10. The van der Waals surface area contributed by atoms with Crippen LogP contribution in [0.3, 0.4) is 0 Å². The van der Waals surface area contributed by atoms with Gasteiger partial charge in [-0.05, 0) is 25.3 Å². The molecule has 0 bridgehead atoms. The van der Waals surface area contributed by atoms with Gasteiger partial charge in [-0.2, -0.15) is 0 Å². The lowest BCUT2D eigenvalue weighted by Gasteiger charge is -2.04. The Morgan fingerprint density at radius 2 is 1.30 bits per heavy atom. The van der Waals surface area contributed by atoms with Crippen molar-refractivity contribution in [2.75, 3.05) is 0 Å². The number of carboxylic acid groups (broad SMARTS) is 1. The van der Waals surface area contributed by atoms with Crippen molar-refractivity contribution in [3.63, 3.8) is 0 Å². The van der Waals surface area contributed by atoms with Crippen LogP contribution < -0.4 is 0 Å². The number of carbonyl (C=O) groups is 1. The Bertz CT molecular complexity index is 385. The van der Waals surface area contributed by atoms with Gasteiger partial charge < -0.3 is 20.4 Å². The number of hydrogen-bond acceptors (Lipinski definition) is 4. The van der Waals surface area contributed by atoms with Crippen LogP contribution in [0.2, 0.25) is 0 Å². The molecule has 0 spiro atoms. The van der Waals surface area contributed by atoms with Crippen molar-refractivity contribution < 1.29 is 25.2 Å². The Balaban J connectivity index is 3.84. The van der Waals surface area contributed by atoms with Crippen molar-refractivity contribution in [1.29, 1.82) is 0 Å². The van der Waals surface area contributed by atoms with Crippen LogP contribution in [0, 0.1) is 0 Å². The fourth-order valence-electron chi connectivity index (χ4n) is 2.23. The van der Waals surface area contributed by atoms with Crippen molar-refractivity contribution in [2.24, 2.45) is 0 Å². The van der Waals surface area contributed by atoms with E-state index in [1.807, 2.05) is 0 Å². The summed E-state index contributed by atoms with van der Waals surface area (Å²) in [6, 6.07) is 0. The van der Waals surface area contributed by atoms with Crippen LogP contribution in [-0.2, 0) is 4.79 Å². The largest absolute Gasteiger partial charge is 0.513 e. The number of aliphatic carboxylic acids is 1. The van der Waals surface area contributed by atoms with E-state index in [1.165, 1.54) is 0 Å². The van der Waals surface area contributed by atoms with E-state index >= 15 is 0 Å². The summed E-state index contributed by atoms with van der Waals surface area (Å²) in [5, 5.41) is 37.7. The zero-order valence-corrected chi connectivity index (χ0v) is 14.3. The van der Waals surface area contributed by atoms with Gasteiger partial charge in [0.25, 0.3) is 0 Å². The predicted octanol–water partition coefficient (Wildman–Crippen LogP) is 5.54. The first-order chi connectivity index (χ1) is 11.0. The molecule has 0 saturated carbocycles. The van der Waals surface area contributed by atoms with E-state index in [2.05, 4.69) is 6.92 Å². The third kappa shape index (κ3) is 13.7. The van der Waals surface area contributed by atoms with Crippen LogP contribution >= 0.6 is 0 Å². The lowest BCUT2D eigenvalue weighted by molar-refractivity contribution is -0.137. The summed E-state index contributed by atoms with van der Waals surface area (Å²) in [5.41, 5.74) is 0. The third-order valence-electron chi connectivity index (χ3n) is 3.70. The van der Waals surface area contributed by atoms with Gasteiger partial charge in [-0.3, -0.25) is 4.79 Å². The second kappa shape index (κ2) is 14.0. The first-order valence-electron chi connectivity index (χ1n) is 8.67. The maximum atomic E-state index is 10.3. The van der Waals surface area contributed by atoms with Crippen molar-refractivity contribution in [3.05, 3.63) is 23.4 Å². The minimum atomic E-state index is -0.762. The number of aliphatic hydroxyl groups excluding tert-OH is 3. The first-order valence-corrected chi connectivity index (χ1v) is 8.67. The highest BCUT2D eigenvalue weighted by molar-refractivity contribution is 5.66. The fourth-order valence-corrected chi connectivity index (χ4v) is 2.23. The lowest BCUT2D eigenvalue weighted by atomic mass is 10.1. The van der Waals surface area contributed by atoms with Gasteiger partial charge in [0.15, 0.2) is 0 Å². The highest BCUT2D eigenvalue weighted by Gasteiger charge is 2.04. The average molecular weight is 328 g/mol. The highest BCUT2D eigenvalue weighted by Crippen LogP contribution is 2.15. The zero-order valence-electron chi connectivity index (χ0n) is 14.3.